The number of benzene rings is 5. The van der Waals surface area contributed by atoms with Crippen LogP contribution in [-0.4, -0.2) is 14.1 Å². The Labute approximate surface area is 272 Å². The van der Waals surface area contributed by atoms with Crippen LogP contribution in [0.4, 0.5) is 0 Å². The van der Waals surface area contributed by atoms with Crippen LogP contribution in [0.5, 0.6) is 0 Å². The van der Waals surface area contributed by atoms with Gasteiger partial charge in [-0.3, -0.25) is 0 Å². The summed E-state index contributed by atoms with van der Waals surface area (Å²) in [7, 11) is 0. The molecule has 0 spiro atoms. The lowest BCUT2D eigenvalue weighted by molar-refractivity contribution is 0.654. The van der Waals surface area contributed by atoms with Crippen LogP contribution < -0.4 is 0 Å². The monoisotopic (exact) mass is 605 g/mol. The second kappa shape index (κ2) is 10.7. The number of hydrogen-bond donors (Lipinski definition) is 0. The van der Waals surface area contributed by atoms with Crippen LogP contribution >= 0.6 is 0 Å². The van der Waals surface area contributed by atoms with Gasteiger partial charge in [0.2, 0.25) is 5.71 Å². The molecular weight excluding hydrogens is 574 g/mol. The zero-order valence-corrected chi connectivity index (χ0v) is 26.0. The van der Waals surface area contributed by atoms with Gasteiger partial charge in [-0.1, -0.05) is 91.0 Å². The summed E-state index contributed by atoms with van der Waals surface area (Å²) < 4.78 is 10.9. The number of rotatable bonds is 6. The summed E-state index contributed by atoms with van der Waals surface area (Å²) in [5.74, 6) is 0. The fourth-order valence-corrected chi connectivity index (χ4v) is 7.26. The third-order valence-corrected chi connectivity index (χ3v) is 9.28. The highest BCUT2D eigenvalue weighted by Crippen LogP contribution is 2.38. The van der Waals surface area contributed by atoms with Gasteiger partial charge >= 0.3 is 0 Å². The highest BCUT2D eigenvalue weighted by Gasteiger charge is 2.19. The van der Waals surface area contributed by atoms with E-state index in [9.17, 15) is 0 Å². The number of hydrogen-bond acceptors (Lipinski definition) is 2. The summed E-state index contributed by atoms with van der Waals surface area (Å²) in [5, 5.41) is 5.69. The Morgan fingerprint density at radius 2 is 1.36 bits per heavy atom. The molecule has 0 atom stereocenters. The Hall–Kier alpha value is -6.13. The van der Waals surface area contributed by atoms with E-state index in [1.165, 1.54) is 38.5 Å². The fourth-order valence-electron chi connectivity index (χ4n) is 7.26. The van der Waals surface area contributed by atoms with E-state index in [0.717, 1.165) is 50.7 Å². The quantitative estimate of drug-likeness (QED) is 0.177. The molecule has 5 aromatic carbocycles. The number of para-hydroxylation sites is 2. The topological polar surface area (TPSA) is 35.9 Å². The van der Waals surface area contributed by atoms with Gasteiger partial charge in [-0.25, -0.2) is 4.98 Å². The number of allylic oxidation sites excluding steroid dienone is 2. The Bertz CT molecular complexity index is 2680. The highest BCUT2D eigenvalue weighted by molar-refractivity contribution is 6.11. The molecule has 0 fully saturated rings. The maximum atomic E-state index is 6.21. The lowest BCUT2D eigenvalue weighted by Gasteiger charge is -2.12. The van der Waals surface area contributed by atoms with Crippen LogP contribution in [0.3, 0.4) is 0 Å². The average molecular weight is 606 g/mol. The molecule has 0 saturated carbocycles. The first kappa shape index (κ1) is 27.2. The van der Waals surface area contributed by atoms with Gasteiger partial charge in [0.05, 0.1) is 33.8 Å². The Morgan fingerprint density at radius 1 is 0.638 bits per heavy atom. The minimum absolute atomic E-state index is 0.642. The molecular formula is C43H31N3O. The average Bonchev–Trinajstić information content (AvgIpc) is 3.76. The van der Waals surface area contributed by atoms with Crippen molar-refractivity contribution in [1.29, 1.82) is 0 Å². The maximum Gasteiger partial charge on any atom is 0.227 e. The summed E-state index contributed by atoms with van der Waals surface area (Å²) in [6.07, 6.45) is 9.02. The zero-order chi connectivity index (χ0) is 31.5. The van der Waals surface area contributed by atoms with Gasteiger partial charge in [0.25, 0.3) is 0 Å². The molecule has 9 rings (SSSR count). The third kappa shape index (κ3) is 4.19. The molecule has 0 N–H and O–H groups in total. The van der Waals surface area contributed by atoms with Crippen LogP contribution in [0, 0.1) is 0 Å². The Kier molecular flexibility index (Phi) is 6.22. The highest BCUT2D eigenvalue weighted by atomic mass is 16.3. The molecule has 4 nitrogen and oxygen atoms in total. The van der Waals surface area contributed by atoms with Crippen molar-refractivity contribution in [3.63, 3.8) is 0 Å². The maximum absolute atomic E-state index is 6.21. The van der Waals surface area contributed by atoms with Crippen molar-refractivity contribution in [1.82, 2.24) is 14.1 Å². The second-order valence-electron chi connectivity index (χ2n) is 12.0. The third-order valence-electron chi connectivity index (χ3n) is 9.28. The number of fused-ring (bicyclic) bond motifs is 7. The van der Waals surface area contributed by atoms with Crippen molar-refractivity contribution in [3.05, 3.63) is 158 Å². The van der Waals surface area contributed by atoms with E-state index < -0.39 is 0 Å². The summed E-state index contributed by atoms with van der Waals surface area (Å²) in [4.78, 5) is 4.83. The van der Waals surface area contributed by atoms with Crippen LogP contribution in [0.1, 0.15) is 18.2 Å². The van der Waals surface area contributed by atoms with Gasteiger partial charge in [0.1, 0.15) is 5.58 Å². The Morgan fingerprint density at radius 3 is 2.17 bits per heavy atom. The van der Waals surface area contributed by atoms with E-state index in [2.05, 4.69) is 144 Å². The van der Waals surface area contributed by atoms with Gasteiger partial charge in [-0.05, 0) is 66.6 Å². The molecule has 4 heterocycles. The molecule has 0 radical (unpaired) electrons. The molecule has 0 aliphatic rings. The van der Waals surface area contributed by atoms with Crippen molar-refractivity contribution in [2.75, 3.05) is 0 Å². The van der Waals surface area contributed by atoms with E-state index in [4.69, 9.17) is 9.40 Å². The van der Waals surface area contributed by atoms with Gasteiger partial charge in [0.15, 0.2) is 0 Å². The van der Waals surface area contributed by atoms with Crippen molar-refractivity contribution in [3.8, 4) is 22.5 Å². The summed E-state index contributed by atoms with van der Waals surface area (Å²) in [6.45, 7) is 6.17. The zero-order valence-electron chi connectivity index (χ0n) is 26.0. The SMILES string of the molecule is C=CCc1c(/C=C\C)c2ccccc2n1-c1ccc2c(c1)c1ccccc1n2-c1cnc2oc3ccc(-c4ccccc4)cc3c2c1. The van der Waals surface area contributed by atoms with Crippen LogP contribution in [0.2, 0.25) is 0 Å². The predicted octanol–water partition coefficient (Wildman–Crippen LogP) is 11.5. The summed E-state index contributed by atoms with van der Waals surface area (Å²) in [5.41, 5.74) is 11.9. The smallest absolute Gasteiger partial charge is 0.227 e. The Balaban J connectivity index is 1.27. The van der Waals surface area contributed by atoms with Gasteiger partial charge < -0.3 is 13.6 Å². The lowest BCUT2D eigenvalue weighted by atomic mass is 10.0. The molecule has 4 aromatic heterocycles. The molecule has 47 heavy (non-hydrogen) atoms. The van der Waals surface area contributed by atoms with E-state index in [-0.39, 0.29) is 0 Å². The van der Waals surface area contributed by atoms with Crippen molar-refractivity contribution < 1.29 is 4.42 Å². The largest absolute Gasteiger partial charge is 0.438 e. The molecule has 0 amide bonds. The first-order chi connectivity index (χ1) is 23.2. The molecule has 224 valence electrons. The molecule has 0 aliphatic carbocycles. The van der Waals surface area contributed by atoms with Gasteiger partial charge in [-0.15, -0.1) is 6.58 Å². The van der Waals surface area contributed by atoms with Crippen LogP contribution in [-0.2, 0) is 6.42 Å². The summed E-state index contributed by atoms with van der Waals surface area (Å²) >= 11 is 0. The minimum Gasteiger partial charge on any atom is -0.438 e. The number of nitrogens with zero attached hydrogens (tertiary/aromatic N) is 3. The molecule has 0 unspecified atom stereocenters. The molecule has 0 aliphatic heterocycles. The first-order valence-electron chi connectivity index (χ1n) is 16.0. The lowest BCUT2D eigenvalue weighted by Crippen LogP contribution is -2.01. The van der Waals surface area contributed by atoms with Crippen molar-refractivity contribution >= 4 is 60.9 Å². The van der Waals surface area contributed by atoms with E-state index in [1.54, 1.807) is 0 Å². The van der Waals surface area contributed by atoms with Crippen LogP contribution in [0.15, 0.2) is 151 Å². The van der Waals surface area contributed by atoms with E-state index in [0.29, 0.717) is 5.71 Å². The van der Waals surface area contributed by atoms with Crippen molar-refractivity contribution in [2.24, 2.45) is 0 Å². The summed E-state index contributed by atoms with van der Waals surface area (Å²) in [6, 6.07) is 43.2. The predicted molar refractivity (Wildman–Crippen MR) is 197 cm³/mol. The second-order valence-corrected chi connectivity index (χ2v) is 12.0. The van der Waals surface area contributed by atoms with E-state index in [1.807, 2.05) is 24.4 Å². The fraction of sp³-hybridized carbons (Fsp3) is 0.0465. The molecule has 0 bridgehead atoms. The van der Waals surface area contributed by atoms with Gasteiger partial charge in [0, 0.05) is 44.9 Å². The normalized spacial score (nSPS) is 12.0. The molecule has 9 aromatic rings. The first-order valence-corrected chi connectivity index (χ1v) is 16.0. The van der Waals surface area contributed by atoms with E-state index >= 15 is 0 Å². The number of furan rings is 1. The van der Waals surface area contributed by atoms with Crippen LogP contribution in [0.25, 0.3) is 83.4 Å². The molecule has 4 heteroatoms. The minimum atomic E-state index is 0.642. The molecule has 0 saturated heterocycles. The standard InChI is InChI=1S/C43H31N3O/c1-3-12-32-33-16-8-10-18-39(33)45(38(32)13-4-2)30-21-22-41-35(25-30)34-17-9-11-19-40(34)46(41)31-26-37-36-24-29(28-14-6-5-7-15-28)20-23-42(36)47-43(37)44-27-31/h3-12,14-27H,2,13H2,1H3/b12-3-. The van der Waals surface area contributed by atoms with Gasteiger partial charge in [-0.2, -0.15) is 0 Å². The number of pyridine rings is 1. The van der Waals surface area contributed by atoms with Crippen molar-refractivity contribution in [2.45, 2.75) is 13.3 Å². The number of aromatic nitrogens is 3.